The molecule has 8 heteroatoms. The van der Waals surface area contributed by atoms with Crippen molar-refractivity contribution in [3.05, 3.63) is 64.1 Å². The van der Waals surface area contributed by atoms with E-state index in [4.69, 9.17) is 27.7 Å². The Labute approximate surface area is 176 Å². The number of rotatable bonds is 5. The highest BCUT2D eigenvalue weighted by Crippen LogP contribution is 2.30. The second kappa shape index (κ2) is 8.63. The molecule has 2 aromatic rings. The molecule has 4 N–H and O–H groups in total. The molecule has 29 heavy (non-hydrogen) atoms. The summed E-state index contributed by atoms with van der Waals surface area (Å²) >= 11 is 6.46. The fraction of sp³-hybridized carbons (Fsp3) is 0.286. The number of likely N-dealkylation sites (N-methyl/N-ethyl adjacent to an activating group) is 2. The Bertz CT molecular complexity index is 990. The van der Waals surface area contributed by atoms with Gasteiger partial charge in [-0.2, -0.15) is 0 Å². The number of aliphatic imine (C=N–C) groups is 1. The molecule has 0 amide bonds. The number of anilines is 2. The molecule has 0 atom stereocenters. The zero-order valence-electron chi connectivity index (χ0n) is 17.1. The third-order valence-electron chi connectivity index (χ3n) is 4.64. The van der Waals surface area contributed by atoms with Gasteiger partial charge in [-0.25, -0.2) is 9.98 Å². The van der Waals surface area contributed by atoms with Crippen molar-refractivity contribution in [3.8, 4) is 0 Å². The molecule has 0 saturated carbocycles. The van der Waals surface area contributed by atoms with Gasteiger partial charge in [0.2, 0.25) is 0 Å². The number of nitrogens with two attached hydrogens (primary N) is 1. The molecule has 152 valence electrons. The Morgan fingerprint density at radius 1 is 1.17 bits per heavy atom. The summed E-state index contributed by atoms with van der Waals surface area (Å²) in [5, 5.41) is 12.2. The molecule has 0 unspecified atom stereocenters. The summed E-state index contributed by atoms with van der Waals surface area (Å²) in [4.78, 5) is 13.5. The first-order chi connectivity index (χ1) is 13.8. The van der Waals surface area contributed by atoms with Gasteiger partial charge in [-0.05, 0) is 27.1 Å². The van der Waals surface area contributed by atoms with Gasteiger partial charge in [0.1, 0.15) is 11.5 Å². The van der Waals surface area contributed by atoms with Crippen LogP contribution in [0.4, 0.5) is 11.5 Å². The zero-order valence-corrected chi connectivity index (χ0v) is 17.9. The van der Waals surface area contributed by atoms with Crippen LogP contribution in [0.3, 0.4) is 0 Å². The van der Waals surface area contributed by atoms with Crippen molar-refractivity contribution >= 4 is 34.7 Å². The van der Waals surface area contributed by atoms with E-state index in [0.717, 1.165) is 35.7 Å². The highest BCUT2D eigenvalue weighted by Gasteiger charge is 2.23. The van der Waals surface area contributed by atoms with Crippen molar-refractivity contribution in [1.82, 2.24) is 9.88 Å². The van der Waals surface area contributed by atoms with Crippen LogP contribution in [0.1, 0.15) is 18.1 Å². The lowest BCUT2D eigenvalue weighted by Gasteiger charge is -2.22. The molecule has 1 aromatic heterocycles. The van der Waals surface area contributed by atoms with E-state index in [2.05, 4.69) is 20.1 Å². The van der Waals surface area contributed by atoms with Crippen LogP contribution < -0.4 is 16.0 Å². The Kier molecular flexibility index (Phi) is 6.20. The van der Waals surface area contributed by atoms with Crippen molar-refractivity contribution in [2.45, 2.75) is 6.92 Å². The Balaban J connectivity index is 2.12. The molecule has 0 bridgehead atoms. The van der Waals surface area contributed by atoms with Crippen molar-refractivity contribution in [1.29, 1.82) is 5.41 Å². The Hall–Kier alpha value is -2.90. The minimum absolute atomic E-state index is 0.140. The minimum atomic E-state index is 0.140. The van der Waals surface area contributed by atoms with Crippen LogP contribution in [0.25, 0.3) is 0 Å². The normalized spacial score (nSPS) is 15.4. The van der Waals surface area contributed by atoms with E-state index >= 15 is 0 Å². The summed E-state index contributed by atoms with van der Waals surface area (Å²) in [6.45, 7) is 3.47. The predicted octanol–water partition coefficient (Wildman–Crippen LogP) is 3.16. The number of nitrogens with one attached hydrogen (secondary N) is 2. The first kappa shape index (κ1) is 20.8. The molecule has 0 saturated heterocycles. The van der Waals surface area contributed by atoms with Crippen molar-refractivity contribution in [3.63, 3.8) is 0 Å². The maximum Gasteiger partial charge on any atom is 0.150 e. The first-order valence-electron chi connectivity index (χ1n) is 9.30. The second-order valence-corrected chi connectivity index (χ2v) is 7.69. The van der Waals surface area contributed by atoms with Gasteiger partial charge in [0.05, 0.1) is 11.4 Å². The summed E-state index contributed by atoms with van der Waals surface area (Å²) in [5.41, 5.74) is 9.77. The standard InChI is InChI=1S/C21H26ClN7/c1-13(23)19-21(24)26-17-11-18(29(4)10-9-28(2)3)25-12-15(17)20(27-19)14-7-5-6-8-16(14)22/h5-8,11-12H,9-10,23H2,1-4H3,(H2,24,26)/b19-13+. The molecule has 1 aliphatic rings. The number of benzene rings is 1. The fourth-order valence-electron chi connectivity index (χ4n) is 2.98. The van der Waals surface area contributed by atoms with Crippen LogP contribution in [0.5, 0.6) is 0 Å². The molecule has 7 nitrogen and oxygen atoms in total. The fourth-order valence-corrected chi connectivity index (χ4v) is 3.20. The van der Waals surface area contributed by atoms with Crippen molar-refractivity contribution in [2.24, 2.45) is 10.7 Å². The van der Waals surface area contributed by atoms with Gasteiger partial charge < -0.3 is 20.9 Å². The Morgan fingerprint density at radius 2 is 1.90 bits per heavy atom. The topological polar surface area (TPSA) is 93.6 Å². The first-order valence-corrected chi connectivity index (χ1v) is 9.68. The quantitative estimate of drug-likeness (QED) is 0.702. The summed E-state index contributed by atoms with van der Waals surface area (Å²) in [5.74, 6) is 0.947. The van der Waals surface area contributed by atoms with Gasteiger partial charge in [-0.1, -0.05) is 29.8 Å². The van der Waals surface area contributed by atoms with Gasteiger partial charge >= 0.3 is 0 Å². The highest BCUT2D eigenvalue weighted by atomic mass is 35.5. The highest BCUT2D eigenvalue weighted by molar-refractivity contribution is 6.36. The van der Waals surface area contributed by atoms with Crippen LogP contribution in [-0.2, 0) is 0 Å². The third kappa shape index (κ3) is 4.58. The molecule has 0 spiro atoms. The molecule has 1 aliphatic heterocycles. The lowest BCUT2D eigenvalue weighted by molar-refractivity contribution is 0.416. The van der Waals surface area contributed by atoms with Gasteiger partial charge in [0.15, 0.2) is 5.84 Å². The van der Waals surface area contributed by atoms with Crippen LogP contribution in [0.2, 0.25) is 5.02 Å². The van der Waals surface area contributed by atoms with Gasteiger partial charge in [-0.15, -0.1) is 0 Å². The molecular weight excluding hydrogens is 386 g/mol. The average molecular weight is 412 g/mol. The monoisotopic (exact) mass is 411 g/mol. The molecule has 1 aromatic carbocycles. The molecule has 2 heterocycles. The van der Waals surface area contributed by atoms with E-state index < -0.39 is 0 Å². The minimum Gasteiger partial charge on any atom is -0.400 e. The van der Waals surface area contributed by atoms with E-state index in [0.29, 0.717) is 22.1 Å². The number of nitrogens with zero attached hydrogens (tertiary/aromatic N) is 4. The van der Waals surface area contributed by atoms with E-state index in [9.17, 15) is 0 Å². The van der Waals surface area contributed by atoms with Crippen molar-refractivity contribution in [2.75, 3.05) is 44.4 Å². The molecule has 0 aliphatic carbocycles. The lowest BCUT2D eigenvalue weighted by Crippen LogP contribution is -2.29. The Morgan fingerprint density at radius 3 is 2.55 bits per heavy atom. The third-order valence-corrected chi connectivity index (χ3v) is 4.97. The number of halogens is 1. The maximum absolute atomic E-state index is 8.44. The second-order valence-electron chi connectivity index (χ2n) is 7.28. The lowest BCUT2D eigenvalue weighted by atomic mass is 10.0. The SMILES string of the molecule is C/C(N)=C1\N=C(c2ccccc2Cl)c2cnc(N(C)CCN(C)C)cc2NC1=N. The van der Waals surface area contributed by atoms with Gasteiger partial charge in [0.25, 0.3) is 0 Å². The van der Waals surface area contributed by atoms with Gasteiger partial charge in [-0.3, -0.25) is 5.41 Å². The number of allylic oxidation sites excluding steroid dienone is 1. The summed E-state index contributed by atoms with van der Waals surface area (Å²) in [6, 6.07) is 9.43. The molecule has 3 rings (SSSR count). The number of hydrogen-bond donors (Lipinski definition) is 3. The number of amidine groups is 1. The molecule has 0 fully saturated rings. The summed E-state index contributed by atoms with van der Waals surface area (Å²) in [6.07, 6.45) is 1.77. The smallest absolute Gasteiger partial charge is 0.150 e. The van der Waals surface area contributed by atoms with E-state index in [1.807, 2.05) is 51.5 Å². The molecule has 0 radical (unpaired) electrons. The van der Waals surface area contributed by atoms with Crippen molar-refractivity contribution < 1.29 is 0 Å². The molecular formula is C21H26ClN7. The van der Waals surface area contributed by atoms with E-state index in [-0.39, 0.29) is 5.84 Å². The van der Waals surface area contributed by atoms with Crippen LogP contribution in [0, 0.1) is 5.41 Å². The number of hydrogen-bond acceptors (Lipinski definition) is 6. The van der Waals surface area contributed by atoms with Crippen LogP contribution >= 0.6 is 11.6 Å². The number of pyridine rings is 1. The largest absolute Gasteiger partial charge is 0.400 e. The van der Waals surface area contributed by atoms with Crippen LogP contribution in [0.15, 0.2) is 52.9 Å². The number of fused-ring (bicyclic) bond motifs is 1. The van der Waals surface area contributed by atoms with E-state index in [1.165, 1.54) is 0 Å². The zero-order chi connectivity index (χ0) is 21.1. The maximum atomic E-state index is 8.44. The van der Waals surface area contributed by atoms with Gasteiger partial charge in [0, 0.05) is 54.2 Å². The predicted molar refractivity (Wildman–Crippen MR) is 121 cm³/mol. The average Bonchev–Trinajstić information content (AvgIpc) is 2.82. The summed E-state index contributed by atoms with van der Waals surface area (Å²) in [7, 11) is 6.08. The number of aromatic nitrogens is 1. The van der Waals surface area contributed by atoms with Crippen LogP contribution in [-0.4, -0.2) is 55.7 Å². The van der Waals surface area contributed by atoms with E-state index in [1.54, 1.807) is 13.1 Å². The summed E-state index contributed by atoms with van der Waals surface area (Å²) < 4.78 is 0.